The molecule has 0 atom stereocenters. The highest BCUT2D eigenvalue weighted by molar-refractivity contribution is 9.10. The molecule has 0 saturated carbocycles. The Hall–Kier alpha value is -0.660. The van der Waals surface area contributed by atoms with Crippen molar-refractivity contribution in [1.29, 1.82) is 0 Å². The molecular weight excluding hydrogens is 318 g/mol. The molecule has 102 valence electrons. The Kier molecular flexibility index (Phi) is 6.04. The fraction of sp³-hybridized carbons (Fsp3) is 0.545. The van der Waals surface area contributed by atoms with Gasteiger partial charge in [0.15, 0.2) is 5.82 Å². The lowest BCUT2D eigenvalue weighted by Crippen LogP contribution is -2.26. The lowest BCUT2D eigenvalue weighted by Gasteiger charge is -2.10. The van der Waals surface area contributed by atoms with Gasteiger partial charge >= 0.3 is 0 Å². The summed E-state index contributed by atoms with van der Waals surface area (Å²) in [5.41, 5.74) is 0. The Morgan fingerprint density at radius 3 is 2.78 bits per heavy atom. The number of hydrogen-bond acceptors (Lipinski definition) is 4. The first-order chi connectivity index (χ1) is 8.41. The zero-order chi connectivity index (χ0) is 13.6. The molecule has 2 N–H and O–H groups in total. The highest BCUT2D eigenvalue weighted by Crippen LogP contribution is 2.19. The first-order valence-electron chi connectivity index (χ1n) is 5.75. The third-order valence-electron chi connectivity index (χ3n) is 2.15. The van der Waals surface area contributed by atoms with E-state index in [4.69, 9.17) is 0 Å². The average Bonchev–Trinajstić information content (AvgIpc) is 2.27. The van der Waals surface area contributed by atoms with E-state index in [1.165, 1.54) is 0 Å². The zero-order valence-electron chi connectivity index (χ0n) is 10.5. The lowest BCUT2D eigenvalue weighted by molar-refractivity contribution is 0.571. The topological polar surface area (TPSA) is 71.1 Å². The van der Waals surface area contributed by atoms with Crippen molar-refractivity contribution in [3.05, 3.63) is 22.8 Å². The number of aromatic nitrogens is 1. The van der Waals surface area contributed by atoms with Gasteiger partial charge in [-0.1, -0.05) is 13.8 Å². The molecule has 1 aromatic rings. The van der Waals surface area contributed by atoms with Crippen molar-refractivity contribution in [2.45, 2.75) is 26.3 Å². The summed E-state index contributed by atoms with van der Waals surface area (Å²) in [4.78, 5) is 3.97. The Morgan fingerprint density at radius 1 is 1.44 bits per heavy atom. The summed E-state index contributed by atoms with van der Waals surface area (Å²) in [6.07, 6.45) is 2.11. The van der Waals surface area contributed by atoms with Gasteiger partial charge in [-0.05, 0) is 41.0 Å². The second-order valence-electron chi connectivity index (χ2n) is 4.22. The number of pyridine rings is 1. The molecule has 0 aliphatic heterocycles. The van der Waals surface area contributed by atoms with Crippen molar-refractivity contribution in [2.75, 3.05) is 17.0 Å². The van der Waals surface area contributed by atoms with Crippen LogP contribution in [-0.4, -0.2) is 31.7 Å². The van der Waals surface area contributed by atoms with E-state index in [2.05, 4.69) is 31.0 Å². The van der Waals surface area contributed by atoms with E-state index >= 15 is 0 Å². The number of hydrogen-bond donors (Lipinski definition) is 2. The summed E-state index contributed by atoms with van der Waals surface area (Å²) in [5, 5.41) is 3.18. The molecular formula is C11H18BrN3O2S. The Labute approximate surface area is 117 Å². The smallest absolute Gasteiger partial charge is 0.233 e. The standard InChI is InChI=1S/C11H18BrN3O2S/c1-9(2)13-7-4-8-18(16,17)15-11-10(12)5-3-6-14-11/h3,5-6,9,13H,4,7-8H2,1-2H3,(H,14,15). The number of sulfonamides is 1. The molecule has 0 saturated heterocycles. The van der Waals surface area contributed by atoms with Gasteiger partial charge in [-0.3, -0.25) is 4.72 Å². The first-order valence-corrected chi connectivity index (χ1v) is 8.19. The monoisotopic (exact) mass is 335 g/mol. The summed E-state index contributed by atoms with van der Waals surface area (Å²) in [5.74, 6) is 0.407. The number of halogens is 1. The van der Waals surface area contributed by atoms with Crippen LogP contribution in [0.15, 0.2) is 22.8 Å². The normalized spacial score (nSPS) is 11.8. The molecule has 0 fully saturated rings. The van der Waals surface area contributed by atoms with Crippen molar-refractivity contribution in [1.82, 2.24) is 10.3 Å². The molecule has 0 aliphatic rings. The van der Waals surface area contributed by atoms with Gasteiger partial charge in [-0.15, -0.1) is 0 Å². The highest BCUT2D eigenvalue weighted by atomic mass is 79.9. The van der Waals surface area contributed by atoms with E-state index in [1.807, 2.05) is 13.8 Å². The van der Waals surface area contributed by atoms with Crippen molar-refractivity contribution < 1.29 is 8.42 Å². The predicted molar refractivity (Wildman–Crippen MR) is 77.1 cm³/mol. The van der Waals surface area contributed by atoms with Gasteiger partial charge in [-0.25, -0.2) is 13.4 Å². The minimum Gasteiger partial charge on any atom is -0.314 e. The van der Waals surface area contributed by atoms with Gasteiger partial charge in [0.05, 0.1) is 10.2 Å². The zero-order valence-corrected chi connectivity index (χ0v) is 12.9. The Balaban J connectivity index is 2.48. The minimum absolute atomic E-state index is 0.0791. The Morgan fingerprint density at radius 2 is 2.17 bits per heavy atom. The predicted octanol–water partition coefficient (Wildman–Crippen LogP) is 1.97. The van der Waals surface area contributed by atoms with Crippen LogP contribution in [0, 0.1) is 0 Å². The number of nitrogens with one attached hydrogen (secondary N) is 2. The molecule has 1 rings (SSSR count). The molecule has 0 aliphatic carbocycles. The van der Waals surface area contributed by atoms with Crippen LogP contribution in [0.2, 0.25) is 0 Å². The fourth-order valence-electron chi connectivity index (χ4n) is 1.31. The van der Waals surface area contributed by atoms with Gasteiger partial charge in [0.1, 0.15) is 0 Å². The average molecular weight is 336 g/mol. The SMILES string of the molecule is CC(C)NCCCS(=O)(=O)Nc1ncccc1Br. The third-order valence-corrected chi connectivity index (χ3v) is 4.12. The lowest BCUT2D eigenvalue weighted by atomic mass is 10.4. The van der Waals surface area contributed by atoms with E-state index in [1.54, 1.807) is 18.3 Å². The molecule has 0 unspecified atom stereocenters. The summed E-state index contributed by atoms with van der Waals surface area (Å²) >= 11 is 3.25. The molecule has 0 bridgehead atoms. The van der Waals surface area contributed by atoms with Crippen molar-refractivity contribution in [3.63, 3.8) is 0 Å². The molecule has 0 amide bonds. The van der Waals surface area contributed by atoms with Crippen LogP contribution in [0.4, 0.5) is 5.82 Å². The molecule has 18 heavy (non-hydrogen) atoms. The molecule has 0 radical (unpaired) electrons. The second-order valence-corrected chi connectivity index (χ2v) is 6.91. The van der Waals surface area contributed by atoms with Crippen LogP contribution in [-0.2, 0) is 10.0 Å². The van der Waals surface area contributed by atoms with Crippen LogP contribution in [0.25, 0.3) is 0 Å². The molecule has 1 aromatic heterocycles. The van der Waals surface area contributed by atoms with Gasteiger partial charge in [0, 0.05) is 12.2 Å². The van der Waals surface area contributed by atoms with Gasteiger partial charge in [-0.2, -0.15) is 0 Å². The maximum atomic E-state index is 11.8. The van der Waals surface area contributed by atoms with Crippen LogP contribution in [0.1, 0.15) is 20.3 Å². The van der Waals surface area contributed by atoms with Crippen LogP contribution >= 0.6 is 15.9 Å². The van der Waals surface area contributed by atoms with E-state index in [-0.39, 0.29) is 5.75 Å². The molecule has 7 heteroatoms. The summed E-state index contributed by atoms with van der Waals surface area (Å²) in [6, 6.07) is 3.84. The summed E-state index contributed by atoms with van der Waals surface area (Å²) in [6.45, 7) is 4.73. The van der Waals surface area contributed by atoms with Crippen molar-refractivity contribution in [2.24, 2.45) is 0 Å². The molecule has 0 spiro atoms. The van der Waals surface area contributed by atoms with Crippen LogP contribution < -0.4 is 10.0 Å². The van der Waals surface area contributed by atoms with E-state index < -0.39 is 10.0 Å². The number of nitrogens with zero attached hydrogens (tertiary/aromatic N) is 1. The summed E-state index contributed by atoms with van der Waals surface area (Å²) in [7, 11) is -3.34. The number of rotatable bonds is 7. The maximum absolute atomic E-state index is 11.8. The minimum atomic E-state index is -3.34. The van der Waals surface area contributed by atoms with E-state index in [9.17, 15) is 8.42 Å². The first kappa shape index (κ1) is 15.4. The van der Waals surface area contributed by atoms with Gasteiger partial charge in [0.2, 0.25) is 10.0 Å². The van der Waals surface area contributed by atoms with Crippen LogP contribution in [0.5, 0.6) is 0 Å². The molecule has 5 nitrogen and oxygen atoms in total. The Bertz CT molecular complexity index is 477. The van der Waals surface area contributed by atoms with E-state index in [0.717, 1.165) is 0 Å². The third kappa shape index (κ3) is 5.79. The van der Waals surface area contributed by atoms with Gasteiger partial charge < -0.3 is 5.32 Å². The fourth-order valence-corrected chi connectivity index (χ4v) is 2.88. The maximum Gasteiger partial charge on any atom is 0.233 e. The van der Waals surface area contributed by atoms with E-state index in [0.29, 0.717) is 29.3 Å². The quantitative estimate of drug-likeness (QED) is 0.747. The summed E-state index contributed by atoms with van der Waals surface area (Å²) < 4.78 is 26.7. The highest BCUT2D eigenvalue weighted by Gasteiger charge is 2.12. The van der Waals surface area contributed by atoms with Crippen molar-refractivity contribution >= 4 is 31.8 Å². The van der Waals surface area contributed by atoms with Gasteiger partial charge in [0.25, 0.3) is 0 Å². The largest absolute Gasteiger partial charge is 0.314 e. The second kappa shape index (κ2) is 7.06. The van der Waals surface area contributed by atoms with Crippen LogP contribution in [0.3, 0.4) is 0 Å². The number of anilines is 1. The molecule has 0 aromatic carbocycles. The van der Waals surface area contributed by atoms with Crippen molar-refractivity contribution in [3.8, 4) is 0 Å². The molecule has 1 heterocycles.